The highest BCUT2D eigenvalue weighted by atomic mass is 16.6. The van der Waals surface area contributed by atoms with Gasteiger partial charge in [0, 0.05) is 25.2 Å². The third-order valence-corrected chi connectivity index (χ3v) is 3.03. The minimum atomic E-state index is -0.110. The number of amides is 1. The normalized spacial score (nSPS) is 29.6. The molecule has 80 valence electrons. The number of hydrogen-bond acceptors (Lipinski definition) is 3. The van der Waals surface area contributed by atoms with Gasteiger partial charge >= 0.3 is 6.09 Å². The summed E-state index contributed by atoms with van der Waals surface area (Å²) in [4.78, 5) is 13.5. The molecule has 0 aliphatic carbocycles. The molecule has 2 unspecified atom stereocenters. The van der Waals surface area contributed by atoms with Crippen LogP contribution in [-0.4, -0.2) is 42.8 Å². The number of rotatable bonds is 3. The lowest BCUT2D eigenvalue weighted by molar-refractivity contribution is -0.0140. The van der Waals surface area contributed by atoms with Gasteiger partial charge < -0.3 is 10.1 Å². The van der Waals surface area contributed by atoms with Crippen LogP contribution in [0.2, 0.25) is 0 Å². The van der Waals surface area contributed by atoms with Gasteiger partial charge in [-0.05, 0) is 12.8 Å². The molecular weight excluding hydrogens is 180 g/mol. The van der Waals surface area contributed by atoms with Crippen LogP contribution in [-0.2, 0) is 4.74 Å². The second-order valence-electron chi connectivity index (χ2n) is 4.08. The van der Waals surface area contributed by atoms with Crippen LogP contribution < -0.4 is 5.32 Å². The molecule has 3 saturated heterocycles. The van der Waals surface area contributed by atoms with E-state index >= 15 is 0 Å². The second-order valence-corrected chi connectivity index (χ2v) is 4.08. The van der Waals surface area contributed by atoms with Crippen LogP contribution in [0.4, 0.5) is 4.79 Å². The average Bonchev–Trinajstić information content (AvgIpc) is 2.19. The maximum Gasteiger partial charge on any atom is 0.410 e. The Kier molecular flexibility index (Phi) is 2.91. The maximum absolute atomic E-state index is 11.6. The van der Waals surface area contributed by atoms with Crippen LogP contribution in [0.5, 0.6) is 0 Å². The molecule has 0 spiro atoms. The summed E-state index contributed by atoms with van der Waals surface area (Å²) < 4.78 is 5.18. The maximum atomic E-state index is 11.6. The van der Waals surface area contributed by atoms with Crippen LogP contribution in [0.15, 0.2) is 0 Å². The molecule has 14 heavy (non-hydrogen) atoms. The van der Waals surface area contributed by atoms with Gasteiger partial charge in [-0.1, -0.05) is 13.3 Å². The Morgan fingerprint density at radius 2 is 2.21 bits per heavy atom. The van der Waals surface area contributed by atoms with Gasteiger partial charge in [-0.15, -0.1) is 0 Å². The predicted molar refractivity (Wildman–Crippen MR) is 53.2 cm³/mol. The van der Waals surface area contributed by atoms with Gasteiger partial charge in [0.2, 0.25) is 0 Å². The number of piperazine rings is 1. The van der Waals surface area contributed by atoms with Crippen LogP contribution in [0, 0.1) is 0 Å². The number of unbranched alkanes of at least 4 members (excludes halogenated alkanes) is 1. The lowest BCUT2D eigenvalue weighted by Gasteiger charge is -2.51. The third kappa shape index (κ3) is 1.71. The van der Waals surface area contributed by atoms with E-state index in [1.54, 1.807) is 0 Å². The van der Waals surface area contributed by atoms with E-state index < -0.39 is 0 Å². The lowest BCUT2D eigenvalue weighted by Crippen LogP contribution is -2.69. The predicted octanol–water partition coefficient (Wildman–Crippen LogP) is 0.969. The van der Waals surface area contributed by atoms with Crippen molar-refractivity contribution in [2.75, 3.05) is 19.7 Å². The van der Waals surface area contributed by atoms with Gasteiger partial charge in [-0.3, -0.25) is 4.90 Å². The topological polar surface area (TPSA) is 41.6 Å². The lowest BCUT2D eigenvalue weighted by atomic mass is 9.89. The molecule has 4 nitrogen and oxygen atoms in total. The van der Waals surface area contributed by atoms with Crippen LogP contribution in [0.25, 0.3) is 0 Å². The zero-order chi connectivity index (χ0) is 9.97. The number of nitrogens with zero attached hydrogens (tertiary/aromatic N) is 1. The number of piperidine rings is 1. The van der Waals surface area contributed by atoms with Gasteiger partial charge in [-0.25, -0.2) is 4.79 Å². The summed E-state index contributed by atoms with van der Waals surface area (Å²) in [5, 5.41) is 3.29. The number of fused-ring (bicyclic) bond motifs is 2. The molecular formula is C10H18N2O2. The summed E-state index contributed by atoms with van der Waals surface area (Å²) in [6.07, 6.45) is 3.08. The van der Waals surface area contributed by atoms with Crippen molar-refractivity contribution in [1.29, 1.82) is 0 Å². The van der Waals surface area contributed by atoms with Gasteiger partial charge in [0.25, 0.3) is 0 Å². The van der Waals surface area contributed by atoms with Gasteiger partial charge in [0.1, 0.15) is 0 Å². The molecule has 3 heterocycles. The van der Waals surface area contributed by atoms with E-state index in [0.717, 1.165) is 32.4 Å². The van der Waals surface area contributed by atoms with Crippen molar-refractivity contribution in [2.45, 2.75) is 38.3 Å². The number of ether oxygens (including phenoxy) is 1. The fourth-order valence-corrected chi connectivity index (χ4v) is 2.16. The van der Waals surface area contributed by atoms with Crippen molar-refractivity contribution in [2.24, 2.45) is 0 Å². The molecule has 3 fully saturated rings. The van der Waals surface area contributed by atoms with Crippen molar-refractivity contribution >= 4 is 6.09 Å². The van der Waals surface area contributed by atoms with Crippen molar-refractivity contribution in [3.63, 3.8) is 0 Å². The molecule has 3 aliphatic rings. The highest BCUT2D eigenvalue weighted by molar-refractivity contribution is 5.70. The molecule has 0 aromatic carbocycles. The first kappa shape index (κ1) is 9.77. The highest BCUT2D eigenvalue weighted by Gasteiger charge is 2.45. The zero-order valence-electron chi connectivity index (χ0n) is 8.66. The Hall–Kier alpha value is -0.770. The minimum absolute atomic E-state index is 0.110. The van der Waals surface area contributed by atoms with Gasteiger partial charge in [-0.2, -0.15) is 0 Å². The van der Waals surface area contributed by atoms with Crippen molar-refractivity contribution in [3.8, 4) is 0 Å². The molecule has 4 heteroatoms. The molecule has 2 bridgehead atoms. The molecule has 2 atom stereocenters. The van der Waals surface area contributed by atoms with Crippen LogP contribution >= 0.6 is 0 Å². The van der Waals surface area contributed by atoms with Crippen molar-refractivity contribution < 1.29 is 9.53 Å². The largest absolute Gasteiger partial charge is 0.449 e. The third-order valence-electron chi connectivity index (χ3n) is 3.03. The fraction of sp³-hybridized carbons (Fsp3) is 0.900. The molecule has 0 aromatic rings. The Morgan fingerprint density at radius 1 is 1.50 bits per heavy atom. The Bertz CT molecular complexity index is 206. The Morgan fingerprint density at radius 3 is 2.79 bits per heavy atom. The smallest absolute Gasteiger partial charge is 0.410 e. The first-order valence-electron chi connectivity index (χ1n) is 5.48. The fourth-order valence-electron chi connectivity index (χ4n) is 2.16. The Balaban J connectivity index is 1.75. The number of carbonyl (C=O) groups is 1. The van der Waals surface area contributed by atoms with E-state index in [0.29, 0.717) is 18.7 Å². The first-order valence-corrected chi connectivity index (χ1v) is 5.48. The van der Waals surface area contributed by atoms with E-state index in [-0.39, 0.29) is 6.09 Å². The number of carbonyl (C=O) groups excluding carboxylic acids is 1. The van der Waals surface area contributed by atoms with Crippen LogP contribution in [0.1, 0.15) is 26.2 Å². The van der Waals surface area contributed by atoms with Crippen molar-refractivity contribution in [3.05, 3.63) is 0 Å². The monoisotopic (exact) mass is 198 g/mol. The van der Waals surface area contributed by atoms with E-state index in [1.165, 1.54) is 0 Å². The van der Waals surface area contributed by atoms with E-state index in [9.17, 15) is 4.79 Å². The SMILES string of the molecule is CCCCOC(=O)N1C2CNCC1C2. The molecule has 1 N–H and O–H groups in total. The highest BCUT2D eigenvalue weighted by Crippen LogP contribution is 2.28. The molecule has 0 aromatic heterocycles. The summed E-state index contributed by atoms with van der Waals surface area (Å²) in [5.41, 5.74) is 0. The number of nitrogens with one attached hydrogen (secondary N) is 1. The van der Waals surface area contributed by atoms with E-state index in [4.69, 9.17) is 4.74 Å². The molecule has 3 rings (SSSR count). The number of hydrogen-bond donors (Lipinski definition) is 1. The van der Waals surface area contributed by atoms with Gasteiger partial charge in [0.15, 0.2) is 0 Å². The minimum Gasteiger partial charge on any atom is -0.449 e. The summed E-state index contributed by atoms with van der Waals surface area (Å²) in [6.45, 7) is 4.52. The molecule has 3 aliphatic heterocycles. The molecule has 1 amide bonds. The second kappa shape index (κ2) is 4.17. The summed E-state index contributed by atoms with van der Waals surface area (Å²) in [5.74, 6) is 0. The van der Waals surface area contributed by atoms with E-state index in [2.05, 4.69) is 12.2 Å². The standard InChI is InChI=1S/C10H18N2O2/c1-2-3-4-14-10(13)12-8-5-9(12)7-11-6-8/h8-9,11H,2-7H2,1H3. The quantitative estimate of drug-likeness (QED) is 0.687. The Labute approximate surface area is 84.6 Å². The van der Waals surface area contributed by atoms with Crippen molar-refractivity contribution in [1.82, 2.24) is 10.2 Å². The summed E-state index contributed by atoms with van der Waals surface area (Å²) in [6, 6.07) is 0.783. The van der Waals surface area contributed by atoms with Gasteiger partial charge in [0.05, 0.1) is 6.61 Å². The summed E-state index contributed by atoms with van der Waals surface area (Å²) >= 11 is 0. The first-order chi connectivity index (χ1) is 6.83. The molecule has 0 saturated carbocycles. The summed E-state index contributed by atoms with van der Waals surface area (Å²) in [7, 11) is 0. The zero-order valence-corrected chi connectivity index (χ0v) is 8.66. The van der Waals surface area contributed by atoms with Crippen LogP contribution in [0.3, 0.4) is 0 Å². The average molecular weight is 198 g/mol. The molecule has 0 radical (unpaired) electrons. The van der Waals surface area contributed by atoms with E-state index in [1.807, 2.05) is 4.90 Å².